The quantitative estimate of drug-likeness (QED) is 0.252. The minimum Gasteiger partial charge on any atom is -0.478 e. The van der Waals surface area contributed by atoms with Crippen LogP contribution in [0.4, 0.5) is 0 Å². The van der Waals surface area contributed by atoms with Crippen molar-refractivity contribution in [3.63, 3.8) is 0 Å². The summed E-state index contributed by atoms with van der Waals surface area (Å²) >= 11 is 0. The van der Waals surface area contributed by atoms with Gasteiger partial charge in [0.2, 0.25) is 0 Å². The third kappa shape index (κ3) is 3.77. The summed E-state index contributed by atoms with van der Waals surface area (Å²) in [6.07, 6.45) is 0.834. The summed E-state index contributed by atoms with van der Waals surface area (Å²) in [6.45, 7) is 0. The van der Waals surface area contributed by atoms with Gasteiger partial charge in [0.1, 0.15) is 0 Å². The molecule has 1 aliphatic rings. The van der Waals surface area contributed by atoms with Crippen LogP contribution in [0.1, 0.15) is 31.8 Å². The van der Waals surface area contributed by atoms with Crippen molar-refractivity contribution in [2.75, 3.05) is 0 Å². The fourth-order valence-electron chi connectivity index (χ4n) is 5.86. The van der Waals surface area contributed by atoms with Crippen LogP contribution in [0.2, 0.25) is 0 Å². The molecule has 186 valence electrons. The predicted octanol–water partition coefficient (Wildman–Crippen LogP) is 8.29. The van der Waals surface area contributed by atoms with Crippen LogP contribution in [-0.4, -0.2) is 22.2 Å². The summed E-state index contributed by atoms with van der Waals surface area (Å²) in [4.78, 5) is 22.9. The molecule has 4 heteroatoms. The van der Waals surface area contributed by atoms with E-state index in [1.807, 2.05) is 24.3 Å². The third-order valence-corrected chi connectivity index (χ3v) is 7.76. The van der Waals surface area contributed by atoms with Gasteiger partial charge in [0.15, 0.2) is 0 Å². The fourth-order valence-corrected chi connectivity index (χ4v) is 5.86. The van der Waals surface area contributed by atoms with E-state index in [0.29, 0.717) is 0 Å². The molecule has 0 amide bonds. The van der Waals surface area contributed by atoms with Gasteiger partial charge in [-0.15, -0.1) is 0 Å². The van der Waals surface area contributed by atoms with Crippen molar-refractivity contribution in [1.82, 2.24) is 0 Å². The molecule has 0 bridgehead atoms. The molecule has 0 spiro atoms. The average Bonchev–Trinajstić information content (AvgIpc) is 3.34. The smallest absolute Gasteiger partial charge is 0.335 e. The lowest BCUT2D eigenvalue weighted by Crippen LogP contribution is -1.96. The van der Waals surface area contributed by atoms with Gasteiger partial charge in [0.05, 0.1) is 11.1 Å². The van der Waals surface area contributed by atoms with Gasteiger partial charge in [-0.2, -0.15) is 0 Å². The second kappa shape index (κ2) is 8.67. The molecule has 39 heavy (non-hydrogen) atoms. The molecule has 0 atom stereocenters. The average molecular weight is 507 g/mol. The van der Waals surface area contributed by atoms with Gasteiger partial charge in [-0.1, -0.05) is 72.8 Å². The van der Waals surface area contributed by atoms with Crippen LogP contribution in [0.15, 0.2) is 109 Å². The summed E-state index contributed by atoms with van der Waals surface area (Å²) < 4.78 is 0. The van der Waals surface area contributed by atoms with E-state index in [4.69, 9.17) is 0 Å². The van der Waals surface area contributed by atoms with Crippen molar-refractivity contribution in [2.45, 2.75) is 6.42 Å². The third-order valence-electron chi connectivity index (χ3n) is 7.76. The molecule has 1 aliphatic carbocycles. The normalized spacial score (nSPS) is 11.9. The Morgan fingerprint density at radius 3 is 1.72 bits per heavy atom. The van der Waals surface area contributed by atoms with Crippen LogP contribution in [0.25, 0.3) is 54.9 Å². The molecule has 0 saturated carbocycles. The van der Waals surface area contributed by atoms with Gasteiger partial charge in [-0.25, -0.2) is 9.59 Å². The van der Waals surface area contributed by atoms with Gasteiger partial charge in [-0.05, 0) is 109 Å². The Hall–Kier alpha value is -5.22. The van der Waals surface area contributed by atoms with Crippen LogP contribution >= 0.6 is 0 Å². The first-order valence-electron chi connectivity index (χ1n) is 12.8. The molecule has 4 nitrogen and oxygen atoms in total. The lowest BCUT2D eigenvalue weighted by atomic mass is 9.86. The number of fused-ring (bicyclic) bond motifs is 5. The molecular formula is C35H22O4. The van der Waals surface area contributed by atoms with E-state index in [1.165, 1.54) is 22.3 Å². The van der Waals surface area contributed by atoms with Gasteiger partial charge in [0, 0.05) is 0 Å². The fraction of sp³-hybridized carbons (Fsp3) is 0.0286. The molecule has 7 rings (SSSR count). The van der Waals surface area contributed by atoms with Crippen molar-refractivity contribution in [3.8, 4) is 33.4 Å². The van der Waals surface area contributed by atoms with Gasteiger partial charge in [0.25, 0.3) is 0 Å². The largest absolute Gasteiger partial charge is 0.478 e. The molecule has 6 aromatic carbocycles. The number of benzene rings is 6. The van der Waals surface area contributed by atoms with Crippen LogP contribution < -0.4 is 0 Å². The van der Waals surface area contributed by atoms with Crippen molar-refractivity contribution in [2.24, 2.45) is 0 Å². The maximum Gasteiger partial charge on any atom is 0.335 e. The SMILES string of the molecule is O=C(O)c1ccc2cc(-c3ccc4c(c3-c3ccc5cc(C(=O)O)ccc5c3)Cc3ccccc3-4)ccc2c1. The second-order valence-electron chi connectivity index (χ2n) is 10.0. The number of hydrogen-bond acceptors (Lipinski definition) is 2. The number of carbonyl (C=O) groups is 2. The molecule has 0 radical (unpaired) electrons. The van der Waals surface area contributed by atoms with E-state index >= 15 is 0 Å². The standard InChI is InChI=1S/C35H22O4/c36-34(37)27-11-7-20-15-25(9-5-22(20)17-27)30-13-14-31-29-4-2-1-3-24(29)19-32(31)33(30)26-10-6-23-18-28(35(38)39)12-8-21(23)16-26/h1-18H,19H2,(H,36,37)(H,38,39). The Kier molecular flexibility index (Phi) is 5.10. The monoisotopic (exact) mass is 506 g/mol. The molecule has 0 unspecified atom stereocenters. The number of aromatic carboxylic acids is 2. The Balaban J connectivity index is 1.45. The lowest BCUT2D eigenvalue weighted by Gasteiger charge is -2.17. The molecule has 0 aliphatic heterocycles. The van der Waals surface area contributed by atoms with Gasteiger partial charge >= 0.3 is 11.9 Å². The van der Waals surface area contributed by atoms with E-state index < -0.39 is 11.9 Å². The van der Waals surface area contributed by atoms with Crippen LogP contribution in [0, 0.1) is 0 Å². The number of hydrogen-bond donors (Lipinski definition) is 2. The van der Waals surface area contributed by atoms with Gasteiger partial charge < -0.3 is 10.2 Å². The topological polar surface area (TPSA) is 74.6 Å². The zero-order chi connectivity index (χ0) is 26.7. The minimum atomic E-state index is -0.937. The zero-order valence-corrected chi connectivity index (χ0v) is 20.8. The Morgan fingerprint density at radius 1 is 0.513 bits per heavy atom. The summed E-state index contributed by atoms with van der Waals surface area (Å²) in [5, 5.41) is 22.5. The molecule has 2 N–H and O–H groups in total. The van der Waals surface area contributed by atoms with Gasteiger partial charge in [-0.3, -0.25) is 0 Å². The summed E-state index contributed by atoms with van der Waals surface area (Å²) in [5.41, 5.74) is 10.0. The maximum absolute atomic E-state index is 11.5. The van der Waals surface area contributed by atoms with E-state index in [2.05, 4.69) is 60.7 Å². The molecule has 0 fully saturated rings. The highest BCUT2D eigenvalue weighted by molar-refractivity contribution is 6.01. The molecule has 0 aromatic heterocycles. The summed E-state index contributed by atoms with van der Waals surface area (Å²) in [5.74, 6) is -1.87. The summed E-state index contributed by atoms with van der Waals surface area (Å²) in [6, 6.07) is 35.7. The highest BCUT2D eigenvalue weighted by atomic mass is 16.4. The number of rotatable bonds is 4. The van der Waals surface area contributed by atoms with E-state index in [1.54, 1.807) is 24.3 Å². The number of carboxylic acid groups (broad SMARTS) is 2. The van der Waals surface area contributed by atoms with Crippen molar-refractivity contribution in [3.05, 3.63) is 131 Å². The molecule has 6 aromatic rings. The maximum atomic E-state index is 11.5. The van der Waals surface area contributed by atoms with Crippen molar-refractivity contribution in [1.29, 1.82) is 0 Å². The van der Waals surface area contributed by atoms with Crippen molar-refractivity contribution >= 4 is 33.5 Å². The zero-order valence-electron chi connectivity index (χ0n) is 20.8. The molecule has 0 heterocycles. The lowest BCUT2D eigenvalue weighted by molar-refractivity contribution is 0.0686. The Labute approximate surface area is 224 Å². The van der Waals surface area contributed by atoms with Crippen LogP contribution in [0.5, 0.6) is 0 Å². The van der Waals surface area contributed by atoms with Crippen LogP contribution in [-0.2, 0) is 6.42 Å². The second-order valence-corrected chi connectivity index (χ2v) is 10.0. The van der Waals surface area contributed by atoms with Crippen LogP contribution in [0.3, 0.4) is 0 Å². The first-order valence-corrected chi connectivity index (χ1v) is 12.8. The minimum absolute atomic E-state index is 0.272. The number of carboxylic acids is 2. The molecular weight excluding hydrogens is 484 g/mol. The predicted molar refractivity (Wildman–Crippen MR) is 154 cm³/mol. The van der Waals surface area contributed by atoms with E-state index in [0.717, 1.165) is 50.2 Å². The highest BCUT2D eigenvalue weighted by Crippen LogP contribution is 2.46. The first kappa shape index (κ1) is 22.9. The Bertz CT molecular complexity index is 2000. The first-order chi connectivity index (χ1) is 19.0. The van der Waals surface area contributed by atoms with E-state index in [-0.39, 0.29) is 11.1 Å². The van der Waals surface area contributed by atoms with Crippen molar-refractivity contribution < 1.29 is 19.8 Å². The Morgan fingerprint density at radius 2 is 1.05 bits per heavy atom. The summed E-state index contributed by atoms with van der Waals surface area (Å²) in [7, 11) is 0. The highest BCUT2D eigenvalue weighted by Gasteiger charge is 2.24. The molecule has 0 saturated heterocycles. The van der Waals surface area contributed by atoms with E-state index in [9.17, 15) is 19.8 Å².